The molecule has 2 rings (SSSR count). The lowest BCUT2D eigenvalue weighted by atomic mass is 10.2. The van der Waals surface area contributed by atoms with Gasteiger partial charge in [0.2, 0.25) is 5.91 Å². The van der Waals surface area contributed by atoms with Gasteiger partial charge in [-0.25, -0.2) is 4.67 Å². The fourth-order valence-electron chi connectivity index (χ4n) is 1.92. The maximum Gasteiger partial charge on any atom is 0.240 e. The molecule has 4 nitrogen and oxygen atoms in total. The van der Waals surface area contributed by atoms with E-state index in [1.54, 1.807) is 0 Å². The lowest BCUT2D eigenvalue weighted by Crippen LogP contribution is -2.44. The van der Waals surface area contributed by atoms with Crippen molar-refractivity contribution in [1.82, 2.24) is 9.99 Å². The van der Waals surface area contributed by atoms with Crippen LogP contribution in [-0.4, -0.2) is 29.0 Å². The van der Waals surface area contributed by atoms with E-state index in [1.807, 2.05) is 48.8 Å². The molecule has 0 bridgehead atoms. The minimum atomic E-state index is -0.403. The predicted octanol–water partition coefficient (Wildman–Crippen LogP) is 1.53. The molecule has 0 spiro atoms. The van der Waals surface area contributed by atoms with Crippen LogP contribution < -0.4 is 5.32 Å². The van der Waals surface area contributed by atoms with Gasteiger partial charge in [-0.1, -0.05) is 39.7 Å². The minimum Gasteiger partial charge on any atom is -0.359 e. The van der Waals surface area contributed by atoms with Crippen LogP contribution in [0.5, 0.6) is 0 Å². The third kappa shape index (κ3) is 2.89. The summed E-state index contributed by atoms with van der Waals surface area (Å²) in [5.41, 5.74) is 0.693. The van der Waals surface area contributed by atoms with Gasteiger partial charge in [-0.15, -0.1) is 0 Å². The molecular formula is C13H19N2O2P. The molecule has 0 radical (unpaired) electrons. The number of benzene rings is 1. The van der Waals surface area contributed by atoms with Crippen molar-refractivity contribution in [2.75, 3.05) is 6.61 Å². The van der Waals surface area contributed by atoms with E-state index in [4.69, 9.17) is 4.74 Å². The highest BCUT2D eigenvalue weighted by Crippen LogP contribution is 2.30. The maximum absolute atomic E-state index is 12.1. The first-order chi connectivity index (χ1) is 8.50. The molecule has 0 aromatic heterocycles. The van der Waals surface area contributed by atoms with Crippen LogP contribution in [0.4, 0.5) is 0 Å². The van der Waals surface area contributed by atoms with Gasteiger partial charge in [0.15, 0.2) is 0 Å². The van der Waals surface area contributed by atoms with E-state index in [0.29, 0.717) is 13.2 Å². The summed E-state index contributed by atoms with van der Waals surface area (Å²) in [7, 11) is 2.58. The summed E-state index contributed by atoms with van der Waals surface area (Å²) in [6, 6.07) is 9.63. The van der Waals surface area contributed by atoms with Crippen LogP contribution in [-0.2, 0) is 16.1 Å². The Morgan fingerprint density at radius 1 is 1.50 bits per heavy atom. The zero-order chi connectivity index (χ0) is 13.2. The lowest BCUT2D eigenvalue weighted by molar-refractivity contribution is -0.124. The first-order valence-corrected chi connectivity index (χ1v) is 6.52. The number of hydrogen-bond acceptors (Lipinski definition) is 3. The molecular weight excluding hydrogens is 247 g/mol. The number of carbonyl (C=O) groups excluding carboxylic acids is 1. The average molecular weight is 266 g/mol. The molecule has 5 heteroatoms. The highest BCUT2D eigenvalue weighted by molar-refractivity contribution is 7.13. The number of rotatable bonds is 3. The molecule has 0 saturated carbocycles. The third-order valence-electron chi connectivity index (χ3n) is 3.16. The van der Waals surface area contributed by atoms with E-state index < -0.39 is 5.72 Å². The monoisotopic (exact) mass is 266 g/mol. The highest BCUT2D eigenvalue weighted by Gasteiger charge is 2.41. The van der Waals surface area contributed by atoms with E-state index in [0.717, 1.165) is 5.56 Å². The number of nitrogens with one attached hydrogen (secondary N) is 1. The Labute approximate surface area is 110 Å². The smallest absolute Gasteiger partial charge is 0.240 e. The van der Waals surface area contributed by atoms with Gasteiger partial charge in [0.05, 0.1) is 6.61 Å². The van der Waals surface area contributed by atoms with Gasteiger partial charge in [-0.2, -0.15) is 0 Å². The summed E-state index contributed by atoms with van der Waals surface area (Å²) >= 11 is 0. The van der Waals surface area contributed by atoms with Gasteiger partial charge in [0, 0.05) is 6.54 Å². The van der Waals surface area contributed by atoms with Crippen molar-refractivity contribution in [3.8, 4) is 0 Å². The summed E-state index contributed by atoms with van der Waals surface area (Å²) < 4.78 is 7.46. The van der Waals surface area contributed by atoms with Gasteiger partial charge in [-0.3, -0.25) is 4.79 Å². The van der Waals surface area contributed by atoms with Crippen molar-refractivity contribution in [3.05, 3.63) is 35.9 Å². The van der Waals surface area contributed by atoms with E-state index in [1.165, 1.54) is 0 Å². The van der Waals surface area contributed by atoms with Crippen molar-refractivity contribution < 1.29 is 9.53 Å². The van der Waals surface area contributed by atoms with E-state index in [9.17, 15) is 4.79 Å². The number of hydrogen-bond donors (Lipinski definition) is 1. The second-order valence-corrected chi connectivity index (χ2v) is 5.44. The average Bonchev–Trinajstić information content (AvgIpc) is 2.63. The molecule has 0 aliphatic carbocycles. The second-order valence-electron chi connectivity index (χ2n) is 4.88. The van der Waals surface area contributed by atoms with Crippen molar-refractivity contribution in [2.45, 2.75) is 32.2 Å². The Hall–Kier alpha value is -0.960. The van der Waals surface area contributed by atoms with Crippen LogP contribution in [0.1, 0.15) is 19.4 Å². The van der Waals surface area contributed by atoms with Crippen molar-refractivity contribution in [3.63, 3.8) is 0 Å². The second kappa shape index (κ2) is 5.35. The zero-order valence-electron chi connectivity index (χ0n) is 10.7. The molecule has 1 aromatic rings. The molecule has 1 saturated heterocycles. The van der Waals surface area contributed by atoms with Crippen molar-refractivity contribution >= 4 is 15.3 Å². The first-order valence-electron chi connectivity index (χ1n) is 6.00. The highest BCUT2D eigenvalue weighted by atomic mass is 31.0. The minimum absolute atomic E-state index is 0.000530. The predicted molar refractivity (Wildman–Crippen MR) is 73.7 cm³/mol. The zero-order valence-corrected chi connectivity index (χ0v) is 11.9. The van der Waals surface area contributed by atoms with Crippen LogP contribution in [0.2, 0.25) is 0 Å². The summed E-state index contributed by atoms with van der Waals surface area (Å²) in [5, 5.41) is 2.94. The third-order valence-corrected chi connectivity index (χ3v) is 4.15. The first kappa shape index (κ1) is 13.5. The van der Waals surface area contributed by atoms with Crippen molar-refractivity contribution in [2.24, 2.45) is 0 Å². The number of ether oxygens (including phenoxy) is 1. The Bertz CT molecular complexity index is 422. The fourth-order valence-corrected chi connectivity index (χ4v) is 2.21. The quantitative estimate of drug-likeness (QED) is 0.844. The Balaban J connectivity index is 1.90. The summed E-state index contributed by atoms with van der Waals surface area (Å²) in [6.07, 6.45) is 0. The topological polar surface area (TPSA) is 41.6 Å². The maximum atomic E-state index is 12.1. The molecule has 98 valence electrons. The molecule has 1 fully saturated rings. The molecule has 18 heavy (non-hydrogen) atoms. The van der Waals surface area contributed by atoms with Crippen LogP contribution in [0.25, 0.3) is 0 Å². The van der Waals surface area contributed by atoms with Gasteiger partial charge in [0.1, 0.15) is 11.8 Å². The molecule has 1 N–H and O–H groups in total. The Morgan fingerprint density at radius 2 is 2.17 bits per heavy atom. The normalized spacial score (nSPS) is 22.9. The number of amides is 1. The summed E-state index contributed by atoms with van der Waals surface area (Å²) in [6.45, 7) is 4.88. The molecule has 2 atom stereocenters. The SMILES string of the molecule is CC1(C)OC[C@H](C(=O)NCc2ccccc2)N1P. The summed E-state index contributed by atoms with van der Waals surface area (Å²) in [5.74, 6) is -0.000530. The van der Waals surface area contributed by atoms with Crippen LogP contribution in [0, 0.1) is 0 Å². The van der Waals surface area contributed by atoms with E-state index >= 15 is 0 Å². The Kier molecular flexibility index (Phi) is 4.00. The van der Waals surface area contributed by atoms with Gasteiger partial charge >= 0.3 is 0 Å². The van der Waals surface area contributed by atoms with E-state index in [-0.39, 0.29) is 11.9 Å². The van der Waals surface area contributed by atoms with E-state index in [2.05, 4.69) is 14.7 Å². The number of nitrogens with zero attached hydrogens (tertiary/aromatic N) is 1. The summed E-state index contributed by atoms with van der Waals surface area (Å²) in [4.78, 5) is 12.1. The van der Waals surface area contributed by atoms with Gasteiger partial charge in [-0.05, 0) is 19.4 Å². The van der Waals surface area contributed by atoms with Crippen molar-refractivity contribution in [1.29, 1.82) is 0 Å². The Morgan fingerprint density at radius 3 is 2.72 bits per heavy atom. The van der Waals surface area contributed by atoms with Crippen LogP contribution in [0.15, 0.2) is 30.3 Å². The molecule has 1 unspecified atom stereocenters. The lowest BCUT2D eigenvalue weighted by Gasteiger charge is -2.28. The molecule has 1 amide bonds. The molecule has 1 aromatic carbocycles. The fraction of sp³-hybridized carbons (Fsp3) is 0.462. The standard InChI is InChI=1S/C13H19N2O2P/c1-13(2)15(18)11(9-17-13)12(16)14-8-10-6-4-3-5-7-10/h3-7,11H,8-9,18H2,1-2H3,(H,14,16)/t11-/m1/s1. The number of carbonyl (C=O) groups is 1. The van der Waals surface area contributed by atoms with Crippen LogP contribution >= 0.6 is 9.39 Å². The molecule has 1 heterocycles. The largest absolute Gasteiger partial charge is 0.359 e. The molecule has 1 aliphatic rings. The molecule has 1 aliphatic heterocycles. The van der Waals surface area contributed by atoms with Gasteiger partial charge < -0.3 is 10.1 Å². The van der Waals surface area contributed by atoms with Crippen LogP contribution in [0.3, 0.4) is 0 Å². The van der Waals surface area contributed by atoms with Gasteiger partial charge in [0.25, 0.3) is 0 Å².